The van der Waals surface area contributed by atoms with Crippen LogP contribution in [-0.2, 0) is 4.84 Å². The van der Waals surface area contributed by atoms with E-state index in [1.807, 2.05) is 13.8 Å². The van der Waals surface area contributed by atoms with Crippen LogP contribution in [0.15, 0.2) is 5.16 Å². The van der Waals surface area contributed by atoms with Gasteiger partial charge in [0, 0.05) is 12.3 Å². The molecule has 1 unspecified atom stereocenters. The first-order chi connectivity index (χ1) is 6.71. The zero-order chi connectivity index (χ0) is 10.6. The Labute approximate surface area is 87.7 Å². The molecule has 0 aromatic carbocycles. The second-order valence-corrected chi connectivity index (χ2v) is 4.39. The minimum absolute atomic E-state index is 0.0422. The summed E-state index contributed by atoms with van der Waals surface area (Å²) in [5.74, 6) is 0.749. The van der Waals surface area contributed by atoms with Crippen molar-refractivity contribution in [1.29, 1.82) is 0 Å². The lowest BCUT2D eigenvalue weighted by Gasteiger charge is -2.28. The third-order valence-corrected chi connectivity index (χ3v) is 3.24. The van der Waals surface area contributed by atoms with Gasteiger partial charge in [0.2, 0.25) is 0 Å². The summed E-state index contributed by atoms with van der Waals surface area (Å²) in [6, 6.07) is 0. The summed E-state index contributed by atoms with van der Waals surface area (Å²) in [4.78, 5) is 5.52. The molecule has 1 fully saturated rings. The second-order valence-electron chi connectivity index (χ2n) is 4.39. The van der Waals surface area contributed by atoms with Gasteiger partial charge in [0.05, 0.1) is 5.71 Å². The van der Waals surface area contributed by atoms with Crippen LogP contribution in [0.2, 0.25) is 0 Å². The Hall–Kier alpha value is -0.530. The second kappa shape index (κ2) is 4.81. The SMILES string of the molecule is CC.CC1=NOC(C)(C2CCCC2)C1. The summed E-state index contributed by atoms with van der Waals surface area (Å²) in [6.45, 7) is 8.27. The van der Waals surface area contributed by atoms with E-state index >= 15 is 0 Å². The fourth-order valence-electron chi connectivity index (χ4n) is 2.51. The predicted octanol–water partition coefficient (Wildman–Crippen LogP) is 3.76. The van der Waals surface area contributed by atoms with Gasteiger partial charge in [-0.3, -0.25) is 0 Å². The van der Waals surface area contributed by atoms with Crippen molar-refractivity contribution < 1.29 is 4.84 Å². The molecule has 0 radical (unpaired) electrons. The molecule has 1 heterocycles. The number of nitrogens with zero attached hydrogens (tertiary/aromatic N) is 1. The molecule has 1 aliphatic carbocycles. The van der Waals surface area contributed by atoms with E-state index in [1.54, 1.807) is 0 Å². The molecule has 2 rings (SSSR count). The quantitative estimate of drug-likeness (QED) is 0.627. The molecule has 0 aromatic rings. The number of oxime groups is 1. The minimum atomic E-state index is 0.0422. The van der Waals surface area contributed by atoms with Gasteiger partial charge in [-0.1, -0.05) is 31.8 Å². The van der Waals surface area contributed by atoms with Crippen LogP contribution in [0.3, 0.4) is 0 Å². The Bertz CT molecular complexity index is 206. The van der Waals surface area contributed by atoms with Gasteiger partial charge in [0.25, 0.3) is 0 Å². The summed E-state index contributed by atoms with van der Waals surface area (Å²) in [5.41, 5.74) is 1.20. The van der Waals surface area contributed by atoms with Crippen LogP contribution in [-0.4, -0.2) is 11.3 Å². The molecule has 0 amide bonds. The summed E-state index contributed by atoms with van der Waals surface area (Å²) in [5, 5.41) is 4.05. The third-order valence-electron chi connectivity index (χ3n) is 3.24. The first-order valence-corrected chi connectivity index (χ1v) is 5.92. The van der Waals surface area contributed by atoms with Crippen LogP contribution in [0.25, 0.3) is 0 Å². The van der Waals surface area contributed by atoms with E-state index in [4.69, 9.17) is 4.84 Å². The summed E-state index contributed by atoms with van der Waals surface area (Å²) >= 11 is 0. The number of hydrogen-bond donors (Lipinski definition) is 0. The van der Waals surface area contributed by atoms with Crippen molar-refractivity contribution in [3.05, 3.63) is 0 Å². The molecular formula is C12H23NO. The van der Waals surface area contributed by atoms with Crippen molar-refractivity contribution in [3.63, 3.8) is 0 Å². The Balaban J connectivity index is 0.000000461. The van der Waals surface area contributed by atoms with E-state index in [9.17, 15) is 0 Å². The van der Waals surface area contributed by atoms with Gasteiger partial charge in [-0.25, -0.2) is 0 Å². The molecule has 0 N–H and O–H groups in total. The molecule has 0 aromatic heterocycles. The molecule has 0 bridgehead atoms. The highest BCUT2D eigenvalue weighted by Gasteiger charge is 2.41. The van der Waals surface area contributed by atoms with Crippen LogP contribution in [0, 0.1) is 5.92 Å². The lowest BCUT2D eigenvalue weighted by Crippen LogP contribution is -2.32. The van der Waals surface area contributed by atoms with Gasteiger partial charge < -0.3 is 4.84 Å². The van der Waals surface area contributed by atoms with Gasteiger partial charge in [-0.15, -0.1) is 0 Å². The van der Waals surface area contributed by atoms with E-state index in [0.29, 0.717) is 0 Å². The van der Waals surface area contributed by atoms with E-state index in [0.717, 1.165) is 18.1 Å². The molecule has 82 valence electrons. The Morgan fingerprint density at radius 3 is 2.29 bits per heavy atom. The van der Waals surface area contributed by atoms with Crippen molar-refractivity contribution in [2.45, 2.75) is 65.4 Å². The average molecular weight is 197 g/mol. The maximum atomic E-state index is 5.52. The molecular weight excluding hydrogens is 174 g/mol. The standard InChI is InChI=1S/C10H17NO.C2H6/c1-8-7-10(2,12-11-8)9-5-3-4-6-9;1-2/h9H,3-7H2,1-2H3;1-2H3. The van der Waals surface area contributed by atoms with E-state index in [2.05, 4.69) is 19.0 Å². The molecule has 2 nitrogen and oxygen atoms in total. The molecule has 0 saturated heterocycles. The first kappa shape index (κ1) is 11.5. The fraction of sp³-hybridized carbons (Fsp3) is 0.917. The monoisotopic (exact) mass is 197 g/mol. The number of hydrogen-bond acceptors (Lipinski definition) is 2. The Kier molecular flexibility index (Phi) is 3.97. The molecule has 2 aliphatic rings. The fourth-order valence-corrected chi connectivity index (χ4v) is 2.51. The van der Waals surface area contributed by atoms with Crippen molar-refractivity contribution in [3.8, 4) is 0 Å². The molecule has 1 saturated carbocycles. The van der Waals surface area contributed by atoms with Crippen LogP contribution < -0.4 is 0 Å². The van der Waals surface area contributed by atoms with E-state index < -0.39 is 0 Å². The maximum Gasteiger partial charge on any atom is 0.143 e. The lowest BCUT2D eigenvalue weighted by molar-refractivity contribution is -0.0473. The van der Waals surface area contributed by atoms with Crippen LogP contribution in [0.1, 0.15) is 59.8 Å². The van der Waals surface area contributed by atoms with Crippen LogP contribution >= 0.6 is 0 Å². The van der Waals surface area contributed by atoms with Gasteiger partial charge in [-0.05, 0) is 26.7 Å². The summed E-state index contributed by atoms with van der Waals surface area (Å²) < 4.78 is 0. The van der Waals surface area contributed by atoms with E-state index in [1.165, 1.54) is 25.7 Å². The zero-order valence-corrected chi connectivity index (χ0v) is 9.97. The molecule has 14 heavy (non-hydrogen) atoms. The Morgan fingerprint density at radius 1 is 1.29 bits per heavy atom. The molecule has 1 atom stereocenters. The van der Waals surface area contributed by atoms with Crippen molar-refractivity contribution in [2.75, 3.05) is 0 Å². The third kappa shape index (κ3) is 2.28. The molecule has 0 spiro atoms. The van der Waals surface area contributed by atoms with Crippen molar-refractivity contribution >= 4 is 5.71 Å². The van der Waals surface area contributed by atoms with E-state index in [-0.39, 0.29) is 5.60 Å². The van der Waals surface area contributed by atoms with Crippen molar-refractivity contribution in [1.82, 2.24) is 0 Å². The number of rotatable bonds is 1. The molecule has 2 heteroatoms. The lowest BCUT2D eigenvalue weighted by atomic mass is 9.84. The van der Waals surface area contributed by atoms with Gasteiger partial charge in [0.1, 0.15) is 5.60 Å². The van der Waals surface area contributed by atoms with Gasteiger partial charge >= 0.3 is 0 Å². The smallest absolute Gasteiger partial charge is 0.143 e. The topological polar surface area (TPSA) is 21.6 Å². The zero-order valence-electron chi connectivity index (χ0n) is 9.97. The molecule has 1 aliphatic heterocycles. The van der Waals surface area contributed by atoms with Crippen LogP contribution in [0.5, 0.6) is 0 Å². The predicted molar refractivity (Wildman–Crippen MR) is 60.5 cm³/mol. The largest absolute Gasteiger partial charge is 0.389 e. The normalized spacial score (nSPS) is 31.9. The first-order valence-electron chi connectivity index (χ1n) is 5.92. The maximum absolute atomic E-state index is 5.52. The van der Waals surface area contributed by atoms with Gasteiger partial charge in [-0.2, -0.15) is 0 Å². The van der Waals surface area contributed by atoms with Crippen LogP contribution in [0.4, 0.5) is 0 Å². The average Bonchev–Trinajstić information content (AvgIpc) is 2.79. The van der Waals surface area contributed by atoms with Gasteiger partial charge in [0.15, 0.2) is 0 Å². The highest BCUT2D eigenvalue weighted by Crippen LogP contribution is 2.40. The highest BCUT2D eigenvalue weighted by molar-refractivity contribution is 5.83. The highest BCUT2D eigenvalue weighted by atomic mass is 16.7. The summed E-state index contributed by atoms with van der Waals surface area (Å²) in [6.07, 6.45) is 6.46. The van der Waals surface area contributed by atoms with Crippen molar-refractivity contribution in [2.24, 2.45) is 11.1 Å². The summed E-state index contributed by atoms with van der Waals surface area (Å²) in [7, 11) is 0. The Morgan fingerprint density at radius 2 is 1.86 bits per heavy atom. The minimum Gasteiger partial charge on any atom is -0.389 e.